The van der Waals surface area contributed by atoms with Crippen LogP contribution in [0, 0.1) is 10.1 Å². The number of hydrogen-bond donors (Lipinski definition) is 0. The summed E-state index contributed by atoms with van der Waals surface area (Å²) in [5.74, 6) is 0. The van der Waals surface area contributed by atoms with E-state index in [4.69, 9.17) is 0 Å². The SMILES string of the molecule is O=[N+]([O-])c1ccc(CBr)c(C(F)F)c1. The van der Waals surface area contributed by atoms with Crippen molar-refractivity contribution in [2.45, 2.75) is 11.8 Å². The van der Waals surface area contributed by atoms with Crippen molar-refractivity contribution in [1.82, 2.24) is 0 Å². The minimum atomic E-state index is -2.69. The predicted octanol–water partition coefficient (Wildman–Crippen LogP) is 3.43. The number of halogens is 3. The standard InChI is InChI=1S/C8H6BrF2NO2/c9-4-5-1-2-6(12(13)14)3-7(5)8(10)11/h1-3,8H,4H2. The average Bonchev–Trinajstić information content (AvgIpc) is 2.16. The number of nitrogens with zero attached hydrogens (tertiary/aromatic N) is 1. The van der Waals surface area contributed by atoms with Gasteiger partial charge in [0.15, 0.2) is 0 Å². The maximum atomic E-state index is 12.4. The molecule has 0 N–H and O–H groups in total. The monoisotopic (exact) mass is 265 g/mol. The van der Waals surface area contributed by atoms with Gasteiger partial charge in [-0.25, -0.2) is 8.78 Å². The maximum Gasteiger partial charge on any atom is 0.269 e. The van der Waals surface area contributed by atoms with Crippen molar-refractivity contribution < 1.29 is 13.7 Å². The van der Waals surface area contributed by atoms with E-state index in [1.54, 1.807) is 0 Å². The normalized spacial score (nSPS) is 10.6. The van der Waals surface area contributed by atoms with Crippen LogP contribution in [-0.2, 0) is 5.33 Å². The van der Waals surface area contributed by atoms with Crippen molar-refractivity contribution in [2.75, 3.05) is 0 Å². The van der Waals surface area contributed by atoms with Gasteiger partial charge in [0, 0.05) is 23.0 Å². The minimum absolute atomic E-state index is 0.255. The van der Waals surface area contributed by atoms with Gasteiger partial charge in [-0.3, -0.25) is 10.1 Å². The van der Waals surface area contributed by atoms with E-state index in [1.807, 2.05) is 0 Å². The molecule has 1 aromatic carbocycles. The van der Waals surface area contributed by atoms with E-state index in [9.17, 15) is 18.9 Å². The summed E-state index contributed by atoms with van der Waals surface area (Å²) in [4.78, 5) is 9.63. The Morgan fingerprint density at radius 3 is 2.57 bits per heavy atom. The number of nitro groups is 1. The molecule has 0 saturated heterocycles. The fraction of sp³-hybridized carbons (Fsp3) is 0.250. The van der Waals surface area contributed by atoms with E-state index in [0.717, 1.165) is 6.07 Å². The molecule has 0 heterocycles. The molecule has 0 atom stereocenters. The smallest absolute Gasteiger partial charge is 0.258 e. The van der Waals surface area contributed by atoms with Crippen LogP contribution in [0.25, 0.3) is 0 Å². The zero-order valence-electron chi connectivity index (χ0n) is 6.91. The summed E-state index contributed by atoms with van der Waals surface area (Å²) in [5, 5.41) is 10.6. The molecule has 0 fully saturated rings. The summed E-state index contributed by atoms with van der Waals surface area (Å²) in [7, 11) is 0. The molecule has 0 aliphatic heterocycles. The lowest BCUT2D eigenvalue weighted by atomic mass is 10.1. The fourth-order valence-corrected chi connectivity index (χ4v) is 1.53. The molecular formula is C8H6BrF2NO2. The average molecular weight is 266 g/mol. The lowest BCUT2D eigenvalue weighted by Crippen LogP contribution is -1.95. The van der Waals surface area contributed by atoms with Crippen molar-refractivity contribution in [2.24, 2.45) is 0 Å². The lowest BCUT2D eigenvalue weighted by molar-refractivity contribution is -0.385. The highest BCUT2D eigenvalue weighted by atomic mass is 79.9. The minimum Gasteiger partial charge on any atom is -0.258 e. The van der Waals surface area contributed by atoms with E-state index in [1.165, 1.54) is 12.1 Å². The van der Waals surface area contributed by atoms with E-state index in [-0.39, 0.29) is 16.6 Å². The van der Waals surface area contributed by atoms with Gasteiger partial charge in [-0.15, -0.1) is 0 Å². The molecule has 0 aliphatic rings. The highest BCUT2D eigenvalue weighted by molar-refractivity contribution is 9.08. The summed E-state index contributed by atoms with van der Waals surface area (Å²) in [6.07, 6.45) is -2.69. The first kappa shape index (κ1) is 11.0. The summed E-state index contributed by atoms with van der Waals surface area (Å²) >= 11 is 3.04. The van der Waals surface area contributed by atoms with Crippen LogP contribution in [0.15, 0.2) is 18.2 Å². The Hall–Kier alpha value is -1.04. The van der Waals surface area contributed by atoms with E-state index in [0.29, 0.717) is 5.56 Å². The summed E-state index contributed by atoms with van der Waals surface area (Å²) in [6.45, 7) is 0. The molecule has 3 nitrogen and oxygen atoms in total. The van der Waals surface area contributed by atoms with Crippen molar-refractivity contribution in [3.63, 3.8) is 0 Å². The Kier molecular flexibility index (Phi) is 3.51. The summed E-state index contributed by atoms with van der Waals surface area (Å²) < 4.78 is 24.8. The van der Waals surface area contributed by atoms with Crippen molar-refractivity contribution in [3.05, 3.63) is 39.4 Å². The first-order valence-electron chi connectivity index (χ1n) is 3.67. The number of benzene rings is 1. The maximum absolute atomic E-state index is 12.4. The molecule has 0 unspecified atom stereocenters. The first-order chi connectivity index (χ1) is 6.56. The summed E-state index contributed by atoms with van der Waals surface area (Å²) in [6, 6.07) is 3.44. The molecule has 0 spiro atoms. The molecule has 1 aromatic rings. The first-order valence-corrected chi connectivity index (χ1v) is 4.79. The predicted molar refractivity (Wildman–Crippen MR) is 50.7 cm³/mol. The van der Waals surface area contributed by atoms with Crippen LogP contribution in [0.3, 0.4) is 0 Å². The molecule has 0 amide bonds. The van der Waals surface area contributed by atoms with Crippen LogP contribution >= 0.6 is 15.9 Å². The number of alkyl halides is 3. The van der Waals surface area contributed by atoms with Gasteiger partial charge in [0.2, 0.25) is 0 Å². The Morgan fingerprint density at radius 1 is 1.50 bits per heavy atom. The summed E-state index contributed by atoms with van der Waals surface area (Å²) in [5.41, 5.74) is -0.244. The quantitative estimate of drug-likeness (QED) is 0.478. The molecule has 0 saturated carbocycles. The van der Waals surface area contributed by atoms with Gasteiger partial charge >= 0.3 is 0 Å². The van der Waals surface area contributed by atoms with Gasteiger partial charge in [-0.1, -0.05) is 22.0 Å². The molecule has 1 rings (SSSR count). The Labute approximate surface area is 87.0 Å². The molecule has 6 heteroatoms. The van der Waals surface area contributed by atoms with Crippen LogP contribution < -0.4 is 0 Å². The molecule has 14 heavy (non-hydrogen) atoms. The van der Waals surface area contributed by atoms with Gasteiger partial charge in [-0.05, 0) is 5.56 Å². The number of non-ortho nitro benzene ring substituents is 1. The molecule has 0 aliphatic carbocycles. The molecule has 0 radical (unpaired) electrons. The Bertz CT molecular complexity index is 357. The molecule has 76 valence electrons. The third kappa shape index (κ3) is 2.25. The number of rotatable bonds is 3. The second kappa shape index (κ2) is 4.45. The lowest BCUT2D eigenvalue weighted by Gasteiger charge is -2.05. The van der Waals surface area contributed by atoms with E-state index in [2.05, 4.69) is 15.9 Å². The Morgan fingerprint density at radius 2 is 2.14 bits per heavy atom. The number of nitro benzene ring substituents is 1. The van der Waals surface area contributed by atoms with Crippen molar-refractivity contribution in [1.29, 1.82) is 0 Å². The largest absolute Gasteiger partial charge is 0.269 e. The fourth-order valence-electron chi connectivity index (χ4n) is 1.02. The van der Waals surface area contributed by atoms with Gasteiger partial charge in [0.25, 0.3) is 12.1 Å². The van der Waals surface area contributed by atoms with Crippen LogP contribution in [0.2, 0.25) is 0 Å². The van der Waals surface area contributed by atoms with Crippen LogP contribution in [0.5, 0.6) is 0 Å². The third-order valence-electron chi connectivity index (χ3n) is 1.72. The van der Waals surface area contributed by atoms with E-state index < -0.39 is 11.3 Å². The van der Waals surface area contributed by atoms with Crippen LogP contribution in [0.1, 0.15) is 17.6 Å². The molecule has 0 aromatic heterocycles. The third-order valence-corrected chi connectivity index (χ3v) is 2.32. The van der Waals surface area contributed by atoms with Gasteiger partial charge in [0.05, 0.1) is 4.92 Å². The van der Waals surface area contributed by atoms with Gasteiger partial charge < -0.3 is 0 Å². The molecular weight excluding hydrogens is 260 g/mol. The molecule has 0 bridgehead atoms. The van der Waals surface area contributed by atoms with Crippen molar-refractivity contribution in [3.8, 4) is 0 Å². The number of hydrogen-bond acceptors (Lipinski definition) is 2. The van der Waals surface area contributed by atoms with E-state index >= 15 is 0 Å². The van der Waals surface area contributed by atoms with Crippen LogP contribution in [-0.4, -0.2) is 4.92 Å². The van der Waals surface area contributed by atoms with Crippen LogP contribution in [0.4, 0.5) is 14.5 Å². The van der Waals surface area contributed by atoms with Gasteiger partial charge in [-0.2, -0.15) is 0 Å². The highest BCUT2D eigenvalue weighted by Crippen LogP contribution is 2.28. The van der Waals surface area contributed by atoms with Crippen molar-refractivity contribution >= 4 is 21.6 Å². The zero-order valence-corrected chi connectivity index (χ0v) is 8.50. The Balaban J connectivity index is 3.20. The highest BCUT2D eigenvalue weighted by Gasteiger charge is 2.16. The van der Waals surface area contributed by atoms with Gasteiger partial charge in [0.1, 0.15) is 0 Å². The second-order valence-electron chi connectivity index (χ2n) is 2.57. The zero-order chi connectivity index (χ0) is 10.7. The second-order valence-corrected chi connectivity index (χ2v) is 3.14. The topological polar surface area (TPSA) is 43.1 Å².